The average molecular weight is 1840 g/mol. The van der Waals surface area contributed by atoms with Gasteiger partial charge in [-0.3, -0.25) is 36.9 Å². The van der Waals surface area contributed by atoms with Gasteiger partial charge in [0.1, 0.15) is 46.2 Å². The van der Waals surface area contributed by atoms with Crippen molar-refractivity contribution in [2.75, 3.05) is 61.3 Å². The fourth-order valence-electron chi connectivity index (χ4n) is 10.3. The van der Waals surface area contributed by atoms with Crippen molar-refractivity contribution in [1.82, 2.24) is 38.2 Å². The summed E-state index contributed by atoms with van der Waals surface area (Å²) in [4.78, 5) is 156. The smallest absolute Gasteiger partial charge is 0.443 e. The van der Waals surface area contributed by atoms with Gasteiger partial charge in [-0.05, 0) is 149 Å². The van der Waals surface area contributed by atoms with Crippen LogP contribution in [0.4, 0.5) is 77.6 Å². The van der Waals surface area contributed by atoms with Crippen molar-refractivity contribution in [1.29, 1.82) is 0 Å². The molecule has 0 radical (unpaired) electrons. The van der Waals surface area contributed by atoms with E-state index in [0.717, 1.165) is 56.0 Å². The molecule has 0 bridgehead atoms. The number of carbonyl (C=O) groups excluding carboxylic acids is 6. The molecule has 0 spiro atoms. The van der Waals surface area contributed by atoms with Crippen molar-refractivity contribution >= 4 is 75.2 Å². The molecule has 4 aliphatic rings. The number of rotatable bonds is 20. The van der Waals surface area contributed by atoms with Crippen molar-refractivity contribution in [2.24, 2.45) is 22.7 Å². The molecule has 0 saturated carbocycles. The Bertz CT molecular complexity index is 4700. The first kappa shape index (κ1) is 105. The number of nitrogen functional groups attached to an aromatic ring is 2. The summed E-state index contributed by atoms with van der Waals surface area (Å²) in [6.07, 6.45) is -20.3. The van der Waals surface area contributed by atoms with E-state index < -0.39 is 257 Å². The van der Waals surface area contributed by atoms with Gasteiger partial charge in [-0.25, -0.2) is 74.1 Å². The second kappa shape index (κ2) is 39.8. The number of alkyl halides is 8. The fraction of sp³-hybridized carbons (Fsp3) is 0.686. The number of nitrogens with zero attached hydrogens (tertiary/aromatic N) is 10. The second-order valence-electron chi connectivity index (χ2n) is 33.7. The number of hydrogen-bond donors (Lipinski definition) is 8. The number of esters is 2. The fourth-order valence-corrected chi connectivity index (χ4v) is 11.6. The summed E-state index contributed by atoms with van der Waals surface area (Å²) in [6, 6.07) is 4.19. The molecular weight excluding hydrogens is 1730 g/mol. The quantitative estimate of drug-likeness (QED) is 0.0146. The van der Waals surface area contributed by atoms with E-state index in [1.807, 2.05) is 0 Å². The number of ether oxygens (including phenoxy) is 10. The van der Waals surface area contributed by atoms with Crippen LogP contribution in [-0.4, -0.2) is 227 Å². The number of imide groups is 2. The monoisotopic (exact) mass is 1840 g/mol. The van der Waals surface area contributed by atoms with Crippen LogP contribution in [0.5, 0.6) is 0 Å². The van der Waals surface area contributed by atoms with E-state index in [-0.39, 0.29) is 11.6 Å². The van der Waals surface area contributed by atoms with Crippen LogP contribution < -0.4 is 44.0 Å². The largest absolute Gasteiger partial charge is 0.480 e. The number of phosphoric ester groups is 2. The number of halogens is 8. The van der Waals surface area contributed by atoms with Gasteiger partial charge >= 0.3 is 86.6 Å². The van der Waals surface area contributed by atoms with E-state index in [1.165, 1.54) is 48.5 Å². The molecule has 8 heterocycles. The molecule has 4 fully saturated rings. The van der Waals surface area contributed by atoms with Gasteiger partial charge in [0.2, 0.25) is 38.5 Å². The zero-order valence-corrected chi connectivity index (χ0v) is 72.4. The normalized spacial score (nSPS) is 23.5. The SMILES string of the molecule is CC(C)(C)C(=O)OCOP(=O)(OCOC(=O)C(C)(C)C)OC[C@H]1O[C@@H](n2ccc(N)nc2=O)C(F)(F)[C@@H]1O.C[C@@H]1[C@@H](CO)O[C@@H](n2ccc(N(C(=O)OC(C)(C)C)C(=O)OC(C)(C)C)nc2=O)C1(F)F.C[C@@H]1[C@@H](COP(=O)(O)O)O[C@@H](n2ccc(N(C(=O)OC(C)(C)C)C(=O)OC(C)(C)C)nc2=O)C1(F)F.Nc1ccn([C@@H]2O[C@H](CO)[C@@H](O)C2(F)F)c(=O)n1. The van der Waals surface area contributed by atoms with Gasteiger partial charge in [-0.1, -0.05) is 13.8 Å². The van der Waals surface area contributed by atoms with Crippen LogP contribution in [-0.2, 0) is 84.2 Å². The Labute approximate surface area is 700 Å². The molecule has 4 amide bonds. The highest BCUT2D eigenvalue weighted by molar-refractivity contribution is 7.48. The zero-order chi connectivity index (χ0) is 95.1. The number of aromatic nitrogens is 8. The van der Waals surface area contributed by atoms with E-state index in [0.29, 0.717) is 28.1 Å². The van der Waals surface area contributed by atoms with Gasteiger partial charge in [0, 0.05) is 24.8 Å². The van der Waals surface area contributed by atoms with Crippen molar-refractivity contribution in [3.63, 3.8) is 0 Å². The maximum atomic E-state index is 14.9. The first-order valence-corrected chi connectivity index (χ1v) is 39.9. The Balaban J connectivity index is 0.000000301. The first-order valence-electron chi connectivity index (χ1n) is 36.9. The molecule has 54 heteroatoms. The molecule has 4 saturated heterocycles. The maximum Gasteiger partial charge on any atom is 0.480 e. The minimum Gasteiger partial charge on any atom is -0.443 e. The van der Waals surface area contributed by atoms with E-state index in [1.54, 1.807) is 83.1 Å². The Morgan fingerprint density at radius 1 is 0.435 bits per heavy atom. The maximum absolute atomic E-state index is 14.9. The molecule has 4 aromatic heterocycles. The summed E-state index contributed by atoms with van der Waals surface area (Å²) in [7, 11) is -9.71. The lowest BCUT2D eigenvalue weighted by atomic mass is 9.98. The zero-order valence-electron chi connectivity index (χ0n) is 70.6. The molecule has 8 rings (SSSR count). The standard InChI is InChI=1S/C21H32F2N3O11P.C20H30F2N3O10P.C20H29F2N3O7.C9H11F2N3O4/c1-19(2,3)16(28)32-10-35-38(31,36-11-33-17(29)20(4,5)6)34-9-12-14(27)21(22,23)15(37-12)26-8-7-13(24)25-18(26)30;1-11-12(10-32-36(29,30)31)33-14(20(11,21)22)24-9-8-13(23-15(24)26)25(16(27)34-18(2,3)4)17(28)35-19(5,6)7;1-11-12(10-26)30-14(20(11,21)22)24-9-8-13(23-15(24)27)25(16(28)31-18(2,3)4)17(29)32-19(5,6)7;10-9(11)6(16)4(3-15)18-7(9)14-2-1-5(12)13-8(14)17/h7-8,12,14-15,27H,9-11H2,1-6H3,(H2,24,25,30);8-9,11-12,14H,10H2,1-7H3,(H2,29,30,31);8-9,11-12,14,26H,10H2,1-7H3;1-2,4,6-7,15-16H,3H2,(H2,12,13,17)/t12-,14-,15-;2*11-,12-,14-;4-,6-,7-/m1111/s1. The van der Waals surface area contributed by atoms with Gasteiger partial charge in [0.05, 0.1) is 61.3 Å². The number of anilines is 4. The molecular formula is C70H102F8N12O32P2. The Morgan fingerprint density at radius 3 is 0.992 bits per heavy atom. The van der Waals surface area contributed by atoms with Crippen LogP contribution in [0.2, 0.25) is 0 Å². The molecule has 700 valence electrons. The highest BCUT2D eigenvalue weighted by Crippen LogP contribution is 2.53. The molecule has 0 unspecified atom stereocenters. The number of phosphoric acid groups is 2. The molecule has 44 nitrogen and oxygen atoms in total. The molecule has 0 aliphatic carbocycles. The van der Waals surface area contributed by atoms with Crippen LogP contribution in [0, 0.1) is 22.7 Å². The summed E-state index contributed by atoms with van der Waals surface area (Å²) >= 11 is 0. The molecule has 4 aromatic rings. The third-order valence-electron chi connectivity index (χ3n) is 16.7. The number of aliphatic hydroxyl groups is 4. The van der Waals surface area contributed by atoms with Gasteiger partial charge in [0.25, 0.3) is 11.8 Å². The Morgan fingerprint density at radius 2 is 0.710 bits per heavy atom. The highest BCUT2D eigenvalue weighted by Gasteiger charge is 2.63. The third kappa shape index (κ3) is 27.9. The molecule has 4 aliphatic heterocycles. The summed E-state index contributed by atoms with van der Waals surface area (Å²) < 4.78 is 212. The minimum atomic E-state index is -4.95. The number of carbonyl (C=O) groups is 6. The van der Waals surface area contributed by atoms with Gasteiger partial charge < -0.3 is 89.0 Å². The van der Waals surface area contributed by atoms with E-state index in [2.05, 4.69) is 24.5 Å². The number of amides is 4. The topological polar surface area (TPSA) is 585 Å². The molecule has 124 heavy (non-hydrogen) atoms. The molecule has 12 atom stereocenters. The summed E-state index contributed by atoms with van der Waals surface area (Å²) in [5.41, 5.74) is -0.00786. The Kier molecular flexibility index (Phi) is 33.9. The molecule has 10 N–H and O–H groups in total. The van der Waals surface area contributed by atoms with Crippen molar-refractivity contribution in [2.45, 2.75) is 246 Å². The number of aliphatic hydroxyl groups excluding tert-OH is 4. The average Bonchev–Trinajstić information content (AvgIpc) is 1.61. The van der Waals surface area contributed by atoms with Crippen molar-refractivity contribution < 1.29 is 169 Å². The molecule has 0 aromatic carbocycles. The van der Waals surface area contributed by atoms with Crippen LogP contribution in [0.3, 0.4) is 0 Å². The Hall–Kier alpha value is -9.12. The van der Waals surface area contributed by atoms with Gasteiger partial charge in [-0.15, -0.1) is 0 Å². The van der Waals surface area contributed by atoms with Crippen molar-refractivity contribution in [3.05, 3.63) is 91.0 Å². The third-order valence-corrected chi connectivity index (χ3v) is 18.4. The van der Waals surface area contributed by atoms with E-state index in [9.17, 15) is 108 Å². The van der Waals surface area contributed by atoms with Crippen molar-refractivity contribution in [3.8, 4) is 0 Å². The highest BCUT2D eigenvalue weighted by atomic mass is 31.2. The lowest BCUT2D eigenvalue weighted by Crippen LogP contribution is -2.45. The van der Waals surface area contributed by atoms with Crippen LogP contribution in [0.1, 0.15) is 163 Å². The lowest BCUT2D eigenvalue weighted by molar-refractivity contribution is -0.163. The summed E-state index contributed by atoms with van der Waals surface area (Å²) in [5, 5.41) is 37.5. The predicted molar refractivity (Wildman–Crippen MR) is 407 cm³/mol. The van der Waals surface area contributed by atoms with Crippen LogP contribution in [0.25, 0.3) is 0 Å². The predicted octanol–water partition coefficient (Wildman–Crippen LogP) is 6.96. The van der Waals surface area contributed by atoms with E-state index in [4.69, 9.17) is 87.3 Å². The first-order chi connectivity index (χ1) is 56.2. The van der Waals surface area contributed by atoms with Gasteiger partial charge in [0.15, 0.2) is 23.8 Å². The number of hydrogen-bond acceptors (Lipinski definition) is 36. The van der Waals surface area contributed by atoms with Gasteiger partial charge in [-0.2, -0.15) is 47.3 Å². The van der Waals surface area contributed by atoms with Crippen LogP contribution >= 0.6 is 15.6 Å². The lowest BCUT2D eigenvalue weighted by Gasteiger charge is -2.28. The van der Waals surface area contributed by atoms with Crippen LogP contribution in [0.15, 0.2) is 68.2 Å². The second-order valence-corrected chi connectivity index (χ2v) is 36.6. The minimum absolute atomic E-state index is 0.114. The number of nitrogens with two attached hydrogens (primary N) is 2. The summed E-state index contributed by atoms with van der Waals surface area (Å²) in [6.45, 7) is 25.0. The van der Waals surface area contributed by atoms with E-state index >= 15 is 0 Å². The summed E-state index contributed by atoms with van der Waals surface area (Å²) in [5.74, 6) is -20.6.